The van der Waals surface area contributed by atoms with Crippen LogP contribution in [0.25, 0.3) is 0 Å². The summed E-state index contributed by atoms with van der Waals surface area (Å²) in [7, 11) is 3.01. The van der Waals surface area contributed by atoms with Crippen molar-refractivity contribution in [2.45, 2.75) is 180 Å². The number of piperidine rings is 1. The summed E-state index contributed by atoms with van der Waals surface area (Å²) in [6, 6.07) is -1.15. The highest BCUT2D eigenvalue weighted by Crippen LogP contribution is 2.38. The lowest BCUT2D eigenvalue weighted by atomic mass is 9.78. The largest absolute Gasteiger partial charge is 0.460 e. The van der Waals surface area contributed by atoms with Crippen LogP contribution in [0, 0.1) is 41.4 Å². The van der Waals surface area contributed by atoms with Gasteiger partial charge in [-0.2, -0.15) is 0 Å². The van der Waals surface area contributed by atoms with Crippen LogP contribution in [0.4, 0.5) is 0 Å². The Bertz CT molecular complexity index is 1930. The van der Waals surface area contributed by atoms with Gasteiger partial charge in [0.25, 0.3) is 11.7 Å². The average Bonchev–Trinajstić information content (AvgIpc) is 3.34. The molecule has 1 aliphatic carbocycles. The van der Waals surface area contributed by atoms with Crippen LogP contribution in [0.3, 0.4) is 0 Å². The number of allylic oxidation sites excluding steroid dienone is 6. The Balaban J connectivity index is 1.47. The third kappa shape index (κ3) is 16.0. The molecular formula is C56H87NO15. The van der Waals surface area contributed by atoms with E-state index >= 15 is 0 Å². The minimum absolute atomic E-state index is 0.00566. The van der Waals surface area contributed by atoms with Crippen LogP contribution in [-0.2, 0) is 57.1 Å². The fourth-order valence-corrected chi connectivity index (χ4v) is 11.0. The van der Waals surface area contributed by atoms with Crippen molar-refractivity contribution in [3.8, 4) is 0 Å². The van der Waals surface area contributed by atoms with Crippen LogP contribution in [0.15, 0.2) is 47.6 Å². The van der Waals surface area contributed by atoms with Crippen LogP contribution in [0.2, 0.25) is 0 Å². The first-order valence-corrected chi connectivity index (χ1v) is 26.7. The standard InChI is InChI=1S/C56H87NO15/c1-34-15-11-10-12-16-35(2)47(70-33-42-31-68-32-42)29-43-20-18-40(7)56(65,72-43)53(62)54(63)57-22-14-13-17-44(57)55(64)71-48(37(4)27-41-19-21-46(69-24-23-58)49(28-41)66-8)30-45(59)36(3)26-39(6)51(61)52(67-9)50(60)38(5)25-34/h10-12,15-16,26,34,36-38,40-44,46-49,51-52,58,61,65H,13-14,17-25,27-33H2,1-9H3/b12-10+,15-11+,35-16+,39-26+/t34-,36-,37-,38-,40-,41+,43+,44?,46-,47-,48+,49-,51-,52+,56-/m1/s1. The number of cyclic esters (lactones) is 1. The zero-order chi connectivity index (χ0) is 52.7. The molecule has 4 fully saturated rings. The normalized spacial score (nSPS) is 38.9. The van der Waals surface area contributed by atoms with Gasteiger partial charge in [0, 0.05) is 57.3 Å². The molecule has 0 spiro atoms. The van der Waals surface area contributed by atoms with E-state index in [0.29, 0.717) is 83.2 Å². The fourth-order valence-electron chi connectivity index (χ4n) is 11.0. The molecule has 4 heterocycles. The highest BCUT2D eigenvalue weighted by atomic mass is 16.6. The van der Waals surface area contributed by atoms with Gasteiger partial charge >= 0.3 is 5.97 Å². The van der Waals surface area contributed by atoms with Crippen molar-refractivity contribution in [1.29, 1.82) is 0 Å². The molecule has 0 aromatic heterocycles. The molecule has 4 aliphatic heterocycles. The van der Waals surface area contributed by atoms with Crippen LogP contribution < -0.4 is 0 Å². The molecular weight excluding hydrogens is 927 g/mol. The van der Waals surface area contributed by atoms with Crippen LogP contribution in [-0.4, -0.2) is 158 Å². The fraction of sp³-hybridized carbons (Fsp3) is 0.768. The van der Waals surface area contributed by atoms with Crippen molar-refractivity contribution in [2.75, 3.05) is 53.8 Å². The number of rotatable bonds is 11. The van der Waals surface area contributed by atoms with E-state index < -0.39 is 77.8 Å². The van der Waals surface area contributed by atoms with E-state index in [1.807, 2.05) is 58.1 Å². The minimum Gasteiger partial charge on any atom is -0.460 e. The number of hydrogen-bond acceptors (Lipinski definition) is 15. The van der Waals surface area contributed by atoms with Gasteiger partial charge in [0.1, 0.15) is 30.1 Å². The average molecular weight is 1010 g/mol. The zero-order valence-electron chi connectivity index (χ0n) is 44.5. The van der Waals surface area contributed by atoms with Gasteiger partial charge in [-0.25, -0.2) is 4.79 Å². The number of carbonyl (C=O) groups is 5. The highest BCUT2D eigenvalue weighted by Gasteiger charge is 2.53. The molecule has 15 atom stereocenters. The molecule has 1 unspecified atom stereocenters. The van der Waals surface area contributed by atoms with E-state index in [0.717, 1.165) is 12.0 Å². The quantitative estimate of drug-likeness (QED) is 0.119. The highest BCUT2D eigenvalue weighted by molar-refractivity contribution is 6.39. The molecule has 5 aliphatic rings. The Hall–Kier alpha value is -3.45. The molecule has 72 heavy (non-hydrogen) atoms. The summed E-state index contributed by atoms with van der Waals surface area (Å²) < 4.78 is 41.8. The maximum absolute atomic E-state index is 14.6. The summed E-state index contributed by atoms with van der Waals surface area (Å²) in [4.78, 5) is 72.7. The van der Waals surface area contributed by atoms with E-state index in [1.54, 1.807) is 34.0 Å². The summed E-state index contributed by atoms with van der Waals surface area (Å²) in [6.45, 7) is 14.6. The maximum Gasteiger partial charge on any atom is 0.329 e. The number of esters is 1. The predicted molar refractivity (Wildman–Crippen MR) is 269 cm³/mol. The number of aliphatic hydroxyl groups excluding tert-OH is 2. The van der Waals surface area contributed by atoms with Gasteiger partial charge in [-0.1, -0.05) is 71.1 Å². The van der Waals surface area contributed by atoms with Crippen LogP contribution in [0.5, 0.6) is 0 Å². The lowest BCUT2D eigenvalue weighted by Gasteiger charge is -2.43. The number of ether oxygens (including phenoxy) is 7. The number of ketones is 3. The Morgan fingerprint density at radius 1 is 0.847 bits per heavy atom. The number of Topliss-reactive ketones (excluding diaryl/α,β-unsaturated/α-hetero) is 3. The van der Waals surface area contributed by atoms with E-state index in [4.69, 9.17) is 33.2 Å². The van der Waals surface area contributed by atoms with E-state index in [-0.39, 0.29) is 80.0 Å². The second kappa shape index (κ2) is 28.4. The van der Waals surface area contributed by atoms with Gasteiger partial charge in [0.2, 0.25) is 5.79 Å². The third-order valence-electron chi connectivity index (χ3n) is 15.8. The molecule has 5 rings (SSSR count). The monoisotopic (exact) mass is 1010 g/mol. The van der Waals surface area contributed by atoms with Gasteiger partial charge in [-0.3, -0.25) is 19.2 Å². The maximum atomic E-state index is 14.6. The summed E-state index contributed by atoms with van der Waals surface area (Å²) in [6.07, 6.45) is 12.0. The Morgan fingerprint density at radius 2 is 1.60 bits per heavy atom. The van der Waals surface area contributed by atoms with Gasteiger partial charge < -0.3 is 53.4 Å². The van der Waals surface area contributed by atoms with Crippen molar-refractivity contribution in [2.24, 2.45) is 41.4 Å². The SMILES string of the molecule is CO[C@@H]1C[C@H](C[C@@H](C)[C@@H]2CC(=O)[C@H](C)/C=C(\C)[C@@H](O)[C@@H](OC)C(=O)[C@H](C)C[C@H](C)/C=C/C=C/C=C(\C)[C@H](OCC3COC3)C[C@@H]3CC[C@@H](C)[C@@](O)(O3)C(=O)C(=O)N3CCCCC3C(=O)O2)CC[C@H]1OCCO. The van der Waals surface area contributed by atoms with E-state index in [9.17, 15) is 39.3 Å². The number of amides is 1. The molecule has 16 nitrogen and oxygen atoms in total. The van der Waals surface area contributed by atoms with Crippen LogP contribution >= 0.6 is 0 Å². The first-order chi connectivity index (χ1) is 34.3. The number of aliphatic hydroxyl groups is 3. The smallest absolute Gasteiger partial charge is 0.329 e. The van der Waals surface area contributed by atoms with Gasteiger partial charge in [-0.15, -0.1) is 0 Å². The Labute approximate surface area is 428 Å². The van der Waals surface area contributed by atoms with Crippen molar-refractivity contribution in [3.63, 3.8) is 0 Å². The number of fused-ring (bicyclic) bond motifs is 3. The minimum atomic E-state index is -2.45. The lowest BCUT2D eigenvalue weighted by molar-refractivity contribution is -0.266. The Morgan fingerprint density at radius 3 is 2.28 bits per heavy atom. The molecule has 1 saturated carbocycles. The summed E-state index contributed by atoms with van der Waals surface area (Å²) in [5.41, 5.74) is 1.28. The number of carbonyl (C=O) groups excluding carboxylic acids is 5. The van der Waals surface area contributed by atoms with Crippen LogP contribution in [0.1, 0.15) is 126 Å². The summed E-state index contributed by atoms with van der Waals surface area (Å²) >= 11 is 0. The molecule has 3 N–H and O–H groups in total. The van der Waals surface area contributed by atoms with Gasteiger partial charge in [0.05, 0.1) is 57.5 Å². The second-order valence-corrected chi connectivity index (χ2v) is 21.7. The molecule has 406 valence electrons. The molecule has 0 aromatic rings. The number of methoxy groups -OCH3 is 2. The first kappa shape index (κ1) is 59.4. The summed E-state index contributed by atoms with van der Waals surface area (Å²) in [5.74, 6) is -7.79. The zero-order valence-corrected chi connectivity index (χ0v) is 44.5. The van der Waals surface area contributed by atoms with Crippen molar-refractivity contribution < 1.29 is 72.5 Å². The molecule has 2 bridgehead atoms. The van der Waals surface area contributed by atoms with Gasteiger partial charge in [0.15, 0.2) is 5.78 Å². The molecule has 3 saturated heterocycles. The lowest BCUT2D eigenvalue weighted by Crippen LogP contribution is -2.61. The van der Waals surface area contributed by atoms with Crippen molar-refractivity contribution >= 4 is 29.2 Å². The van der Waals surface area contributed by atoms with Crippen molar-refractivity contribution in [1.82, 2.24) is 4.90 Å². The molecule has 1 amide bonds. The van der Waals surface area contributed by atoms with Crippen molar-refractivity contribution in [3.05, 3.63) is 47.6 Å². The predicted octanol–water partition coefficient (Wildman–Crippen LogP) is 6.21. The molecule has 0 radical (unpaired) electrons. The number of hydrogen-bond donors (Lipinski definition) is 3. The summed E-state index contributed by atoms with van der Waals surface area (Å²) in [5, 5.41) is 33.0. The third-order valence-corrected chi connectivity index (χ3v) is 15.8. The second-order valence-electron chi connectivity index (χ2n) is 21.7. The molecule has 0 aromatic carbocycles. The number of nitrogens with zero attached hydrogens (tertiary/aromatic N) is 1. The van der Waals surface area contributed by atoms with E-state index in [2.05, 4.69) is 0 Å². The first-order valence-electron chi connectivity index (χ1n) is 26.7. The Kier molecular flexibility index (Phi) is 23.5. The van der Waals surface area contributed by atoms with Gasteiger partial charge in [-0.05, 0) is 107 Å². The topological polar surface area (TPSA) is 214 Å². The van der Waals surface area contributed by atoms with E-state index in [1.165, 1.54) is 12.0 Å². The molecule has 16 heteroatoms.